The summed E-state index contributed by atoms with van der Waals surface area (Å²) < 4.78 is 13.1. The predicted molar refractivity (Wildman–Crippen MR) is 258 cm³/mol. The Hall–Kier alpha value is -6.72. The van der Waals surface area contributed by atoms with Crippen LogP contribution in [0.15, 0.2) is 154 Å². The van der Waals surface area contributed by atoms with E-state index < -0.39 is 0 Å². The van der Waals surface area contributed by atoms with Crippen molar-refractivity contribution in [2.75, 3.05) is 9.80 Å². The summed E-state index contributed by atoms with van der Waals surface area (Å²) in [5.74, 6) is 1.76. The van der Waals surface area contributed by atoms with E-state index in [9.17, 15) is 0 Å². The highest BCUT2D eigenvalue weighted by Crippen LogP contribution is 2.49. The summed E-state index contributed by atoms with van der Waals surface area (Å²) in [5, 5.41) is 2.22. The summed E-state index contributed by atoms with van der Waals surface area (Å²) in [5.41, 5.74) is 22.7. The number of anilines is 6. The Labute approximate surface area is 363 Å². The van der Waals surface area contributed by atoms with E-state index in [1.54, 1.807) is 0 Å². The lowest BCUT2D eigenvalue weighted by Crippen LogP contribution is -2.61. The molecule has 0 unspecified atom stereocenters. The first-order valence-electron chi connectivity index (χ1n) is 22.3. The summed E-state index contributed by atoms with van der Waals surface area (Å²) >= 11 is 0. The first kappa shape index (κ1) is 36.0. The molecule has 0 bridgehead atoms. The summed E-state index contributed by atoms with van der Waals surface area (Å²) in [6, 6.07) is 54.4. The van der Waals surface area contributed by atoms with Crippen LogP contribution in [0, 0.1) is 17.8 Å². The number of aryl methyl sites for hydroxylation is 1. The molecule has 0 fully saturated rings. The lowest BCUT2D eigenvalue weighted by molar-refractivity contribution is 0.392. The van der Waals surface area contributed by atoms with E-state index in [0.29, 0.717) is 0 Å². The summed E-state index contributed by atoms with van der Waals surface area (Å²) in [7, 11) is 0. The molecular formula is C57H47BN2O2. The molecule has 2 aromatic heterocycles. The van der Waals surface area contributed by atoms with Gasteiger partial charge in [0.15, 0.2) is 0 Å². The predicted octanol–water partition coefficient (Wildman–Crippen LogP) is 13.2. The van der Waals surface area contributed by atoms with Gasteiger partial charge in [0.25, 0.3) is 6.71 Å². The van der Waals surface area contributed by atoms with Crippen LogP contribution in [-0.4, -0.2) is 6.71 Å². The third-order valence-corrected chi connectivity index (χ3v) is 14.2. The van der Waals surface area contributed by atoms with Crippen LogP contribution in [0.2, 0.25) is 0 Å². The number of para-hydroxylation sites is 2. The van der Waals surface area contributed by atoms with Crippen LogP contribution in [-0.2, 0) is 25.7 Å². The third kappa shape index (κ3) is 5.46. The number of furan rings is 2. The molecule has 0 saturated heterocycles. The fourth-order valence-electron chi connectivity index (χ4n) is 11.6. The average molecular weight is 803 g/mol. The fraction of sp³-hybridized carbons (Fsp3) is 0.193. The SMILES string of the molecule is Cc1cc2c3c(c1)N(c1ccc4c(c1)CC(C)(C)C4)c1cc(-c4cc5ccccc5o4)ccc1B3c1ccc(-c3cc4ccccc4o3)cc1N2c1ccc2c(c1)CC(C)(C)C2. The van der Waals surface area contributed by atoms with Gasteiger partial charge in [-0.3, -0.25) is 0 Å². The van der Waals surface area contributed by atoms with Gasteiger partial charge in [0, 0.05) is 56.0 Å². The number of rotatable bonds is 4. The van der Waals surface area contributed by atoms with Crippen LogP contribution in [0.25, 0.3) is 44.6 Å². The van der Waals surface area contributed by atoms with Crippen molar-refractivity contribution < 1.29 is 8.83 Å². The van der Waals surface area contributed by atoms with Crippen molar-refractivity contribution in [1.82, 2.24) is 0 Å². The normalized spacial score (nSPS) is 16.4. The lowest BCUT2D eigenvalue weighted by Gasteiger charge is -2.44. The molecule has 9 aromatic rings. The number of benzene rings is 7. The van der Waals surface area contributed by atoms with E-state index in [1.807, 2.05) is 12.1 Å². The highest BCUT2D eigenvalue weighted by atomic mass is 16.3. The summed E-state index contributed by atoms with van der Waals surface area (Å²) in [6.07, 6.45) is 4.37. The van der Waals surface area contributed by atoms with Crippen LogP contribution in [0.1, 0.15) is 55.5 Å². The van der Waals surface area contributed by atoms with Crippen molar-refractivity contribution in [3.63, 3.8) is 0 Å². The highest BCUT2D eigenvalue weighted by molar-refractivity contribution is 7.00. The molecule has 4 aliphatic rings. The van der Waals surface area contributed by atoms with E-state index in [1.165, 1.54) is 78.3 Å². The van der Waals surface area contributed by atoms with Gasteiger partial charge >= 0.3 is 0 Å². The Balaban J connectivity index is 1.07. The standard InChI is InChI=1S/C57H47BN2O2/c1-34-22-49-55-50(23-34)60(44-19-15-40-31-57(4,5)33-42(40)25-44)48-27-38(54-29-36-11-7-9-13-52(36)62-54)17-21-46(48)58(55)45-20-16-37(53-28-35-10-6-8-12-51(35)61-53)26-47(45)59(49)43-18-14-39-30-56(2,3)32-41(39)24-43/h6-29H,30-33H2,1-5H3. The smallest absolute Gasteiger partial charge is 0.252 e. The van der Waals surface area contributed by atoms with Crippen LogP contribution in [0.5, 0.6) is 0 Å². The zero-order valence-electron chi connectivity index (χ0n) is 36.0. The number of fused-ring (bicyclic) bond motifs is 8. The summed E-state index contributed by atoms with van der Waals surface area (Å²) in [4.78, 5) is 5.12. The topological polar surface area (TPSA) is 32.8 Å². The Kier molecular flexibility index (Phi) is 7.36. The van der Waals surface area contributed by atoms with Gasteiger partial charge in [-0.25, -0.2) is 0 Å². The quantitative estimate of drug-likeness (QED) is 0.166. The van der Waals surface area contributed by atoms with Crippen LogP contribution in [0.4, 0.5) is 34.1 Å². The average Bonchev–Trinajstić information content (AvgIpc) is 4.03. The summed E-state index contributed by atoms with van der Waals surface area (Å²) in [6.45, 7) is 11.9. The van der Waals surface area contributed by atoms with E-state index >= 15 is 0 Å². The molecule has 4 heterocycles. The molecule has 4 nitrogen and oxygen atoms in total. The second-order valence-electron chi connectivity index (χ2n) is 20.1. The first-order chi connectivity index (χ1) is 30.0. The maximum atomic E-state index is 6.55. The first-order valence-corrected chi connectivity index (χ1v) is 22.3. The fourth-order valence-corrected chi connectivity index (χ4v) is 11.6. The van der Waals surface area contributed by atoms with Gasteiger partial charge in [0.2, 0.25) is 0 Å². The third-order valence-electron chi connectivity index (χ3n) is 14.2. The second kappa shape index (κ2) is 12.7. The Bertz CT molecular complexity index is 3080. The molecule has 300 valence electrons. The molecule has 0 atom stereocenters. The van der Waals surface area contributed by atoms with Gasteiger partial charge in [0.1, 0.15) is 22.7 Å². The molecule has 62 heavy (non-hydrogen) atoms. The second-order valence-corrected chi connectivity index (χ2v) is 20.1. The molecular weight excluding hydrogens is 755 g/mol. The van der Waals surface area contributed by atoms with Crippen LogP contribution in [0.3, 0.4) is 0 Å². The van der Waals surface area contributed by atoms with E-state index in [4.69, 9.17) is 8.83 Å². The van der Waals surface area contributed by atoms with Crippen molar-refractivity contribution >= 4 is 79.2 Å². The van der Waals surface area contributed by atoms with E-state index in [0.717, 1.165) is 70.3 Å². The minimum atomic E-state index is -0.00531. The van der Waals surface area contributed by atoms with Crippen LogP contribution >= 0.6 is 0 Å². The van der Waals surface area contributed by atoms with Gasteiger partial charge in [-0.05, 0) is 160 Å². The zero-order chi connectivity index (χ0) is 41.6. The Morgan fingerprint density at radius 1 is 0.452 bits per heavy atom. The molecule has 0 amide bonds. The molecule has 13 rings (SSSR count). The van der Waals surface area contributed by atoms with Crippen molar-refractivity contribution in [3.05, 3.63) is 173 Å². The minimum absolute atomic E-state index is 0.00531. The molecule has 0 radical (unpaired) electrons. The number of hydrogen-bond acceptors (Lipinski definition) is 4. The van der Waals surface area contributed by atoms with Crippen molar-refractivity contribution in [2.45, 2.75) is 60.3 Å². The Morgan fingerprint density at radius 2 is 0.903 bits per heavy atom. The molecule has 0 N–H and O–H groups in total. The molecule has 2 aliphatic heterocycles. The number of nitrogens with zero attached hydrogens (tertiary/aromatic N) is 2. The molecule has 2 aliphatic carbocycles. The molecule has 5 heteroatoms. The highest BCUT2D eigenvalue weighted by Gasteiger charge is 2.44. The van der Waals surface area contributed by atoms with Gasteiger partial charge in [0.05, 0.1) is 0 Å². The maximum absolute atomic E-state index is 6.55. The van der Waals surface area contributed by atoms with Gasteiger partial charge in [-0.1, -0.05) is 100 Å². The van der Waals surface area contributed by atoms with Gasteiger partial charge < -0.3 is 18.6 Å². The van der Waals surface area contributed by atoms with Crippen LogP contribution < -0.4 is 26.2 Å². The van der Waals surface area contributed by atoms with E-state index in [2.05, 4.69) is 178 Å². The van der Waals surface area contributed by atoms with Gasteiger partial charge in [-0.15, -0.1) is 0 Å². The molecule has 0 spiro atoms. The molecule has 7 aromatic carbocycles. The van der Waals surface area contributed by atoms with Gasteiger partial charge in [-0.2, -0.15) is 0 Å². The Morgan fingerprint density at radius 3 is 1.37 bits per heavy atom. The lowest BCUT2D eigenvalue weighted by atomic mass is 9.33. The van der Waals surface area contributed by atoms with Crippen molar-refractivity contribution in [1.29, 1.82) is 0 Å². The minimum Gasteiger partial charge on any atom is -0.456 e. The van der Waals surface area contributed by atoms with Crippen molar-refractivity contribution in [3.8, 4) is 22.6 Å². The van der Waals surface area contributed by atoms with E-state index in [-0.39, 0.29) is 17.5 Å². The number of hydrogen-bond donors (Lipinski definition) is 0. The zero-order valence-corrected chi connectivity index (χ0v) is 36.0. The maximum Gasteiger partial charge on any atom is 0.252 e. The largest absolute Gasteiger partial charge is 0.456 e. The molecule has 0 saturated carbocycles. The van der Waals surface area contributed by atoms with Crippen molar-refractivity contribution in [2.24, 2.45) is 10.8 Å². The monoisotopic (exact) mass is 802 g/mol.